The molecule has 0 radical (unpaired) electrons. The maximum atomic E-state index is 14.1. The Kier molecular flexibility index (Phi) is 4.08. The third-order valence-electron chi connectivity index (χ3n) is 4.54. The highest BCUT2D eigenvalue weighted by atomic mass is 19.1. The van der Waals surface area contributed by atoms with Crippen LogP contribution >= 0.6 is 0 Å². The minimum atomic E-state index is -0.748. The number of hydrogen-bond acceptors (Lipinski definition) is 3. The van der Waals surface area contributed by atoms with Crippen molar-refractivity contribution in [3.63, 3.8) is 0 Å². The van der Waals surface area contributed by atoms with Crippen LogP contribution in [0.3, 0.4) is 0 Å². The molecule has 0 aliphatic carbocycles. The zero-order chi connectivity index (χ0) is 18.1. The molecule has 2 heterocycles. The van der Waals surface area contributed by atoms with Gasteiger partial charge in [0.2, 0.25) is 5.91 Å². The summed E-state index contributed by atoms with van der Waals surface area (Å²) in [7, 11) is 0. The lowest BCUT2D eigenvalue weighted by Crippen LogP contribution is -2.34. The Morgan fingerprint density at radius 2 is 1.77 bits per heavy atom. The third-order valence-corrected chi connectivity index (χ3v) is 4.54. The number of hydrogen-bond donors (Lipinski definition) is 1. The van der Waals surface area contributed by atoms with Crippen molar-refractivity contribution in [1.29, 1.82) is 0 Å². The Labute approximate surface area is 149 Å². The number of carbonyl (C=O) groups is 1. The van der Waals surface area contributed by atoms with Crippen molar-refractivity contribution in [2.45, 2.75) is 18.9 Å². The number of aryl methyl sites for hydroxylation is 1. The van der Waals surface area contributed by atoms with E-state index in [9.17, 15) is 14.0 Å². The molecule has 1 amide bonds. The second kappa shape index (κ2) is 6.55. The van der Waals surface area contributed by atoms with E-state index >= 15 is 0 Å². The van der Waals surface area contributed by atoms with Gasteiger partial charge in [-0.3, -0.25) is 9.59 Å². The van der Waals surface area contributed by atoms with Gasteiger partial charge in [0.15, 0.2) is 0 Å². The first-order chi connectivity index (χ1) is 12.6. The number of halogens is 1. The van der Waals surface area contributed by atoms with Crippen LogP contribution in [-0.2, 0) is 11.2 Å². The van der Waals surface area contributed by atoms with Gasteiger partial charge in [-0.25, -0.2) is 9.07 Å². The Balaban J connectivity index is 1.74. The number of nitrogens with one attached hydrogen (secondary N) is 1. The second-order valence-corrected chi connectivity index (χ2v) is 6.18. The number of benzene rings is 2. The SMILES string of the molecule is O=C1Nc2ccccc2CC[C@@H]1n1nc(-c2ccccc2F)ccc1=O. The molecule has 0 unspecified atom stereocenters. The van der Waals surface area contributed by atoms with Crippen LogP contribution in [0.5, 0.6) is 0 Å². The van der Waals surface area contributed by atoms with Gasteiger partial charge in [0.05, 0.1) is 5.69 Å². The summed E-state index contributed by atoms with van der Waals surface area (Å²) in [6.45, 7) is 0. The molecule has 0 saturated carbocycles. The van der Waals surface area contributed by atoms with Crippen LogP contribution in [0.1, 0.15) is 18.0 Å². The van der Waals surface area contributed by atoms with E-state index in [1.165, 1.54) is 18.2 Å². The average Bonchev–Trinajstić information content (AvgIpc) is 2.81. The van der Waals surface area contributed by atoms with Crippen LogP contribution in [0.2, 0.25) is 0 Å². The van der Waals surface area contributed by atoms with E-state index in [0.29, 0.717) is 24.1 Å². The van der Waals surface area contributed by atoms with Gasteiger partial charge in [0.25, 0.3) is 5.56 Å². The Bertz CT molecular complexity index is 1040. The highest BCUT2D eigenvalue weighted by Gasteiger charge is 2.27. The number of amides is 1. The molecule has 0 bridgehead atoms. The summed E-state index contributed by atoms with van der Waals surface area (Å²) >= 11 is 0. The largest absolute Gasteiger partial charge is 0.324 e. The van der Waals surface area contributed by atoms with E-state index in [1.807, 2.05) is 24.3 Å². The molecule has 2 aromatic carbocycles. The maximum absolute atomic E-state index is 14.1. The van der Waals surface area contributed by atoms with E-state index in [2.05, 4.69) is 10.4 Å². The minimum absolute atomic E-state index is 0.290. The maximum Gasteiger partial charge on any atom is 0.267 e. The molecule has 3 aromatic rings. The average molecular weight is 349 g/mol. The summed E-state index contributed by atoms with van der Waals surface area (Å²) < 4.78 is 15.2. The molecule has 130 valence electrons. The second-order valence-electron chi connectivity index (χ2n) is 6.18. The quantitative estimate of drug-likeness (QED) is 0.773. The van der Waals surface area contributed by atoms with Crippen LogP contribution < -0.4 is 10.9 Å². The molecule has 0 spiro atoms. The molecule has 0 saturated heterocycles. The predicted octanol–water partition coefficient (Wildman–Crippen LogP) is 3.18. The lowest BCUT2D eigenvalue weighted by atomic mass is 10.1. The molecule has 1 aliphatic heterocycles. The van der Waals surface area contributed by atoms with Gasteiger partial charge < -0.3 is 5.32 Å². The van der Waals surface area contributed by atoms with Crippen molar-refractivity contribution in [3.05, 3.63) is 82.4 Å². The van der Waals surface area contributed by atoms with Crippen LogP contribution in [0.4, 0.5) is 10.1 Å². The molecule has 4 rings (SSSR count). The van der Waals surface area contributed by atoms with Gasteiger partial charge in [0, 0.05) is 17.3 Å². The molecule has 26 heavy (non-hydrogen) atoms. The van der Waals surface area contributed by atoms with Gasteiger partial charge in [0.1, 0.15) is 11.9 Å². The van der Waals surface area contributed by atoms with E-state index in [4.69, 9.17) is 0 Å². The van der Waals surface area contributed by atoms with Gasteiger partial charge in [-0.05, 0) is 42.7 Å². The van der Waals surface area contributed by atoms with E-state index in [1.54, 1.807) is 18.2 Å². The lowest BCUT2D eigenvalue weighted by Gasteiger charge is -2.16. The molecular weight excluding hydrogens is 333 g/mol. The molecule has 0 fully saturated rings. The summed E-state index contributed by atoms with van der Waals surface area (Å²) in [4.78, 5) is 25.0. The fourth-order valence-corrected chi connectivity index (χ4v) is 3.19. The lowest BCUT2D eigenvalue weighted by molar-refractivity contribution is -0.119. The van der Waals surface area contributed by atoms with Gasteiger partial charge in [-0.2, -0.15) is 5.10 Å². The summed E-state index contributed by atoms with van der Waals surface area (Å²) in [5.74, 6) is -0.724. The van der Waals surface area contributed by atoms with E-state index < -0.39 is 17.4 Å². The molecule has 1 aliphatic rings. The zero-order valence-electron chi connectivity index (χ0n) is 13.9. The summed E-state index contributed by atoms with van der Waals surface area (Å²) in [5, 5.41) is 7.14. The van der Waals surface area contributed by atoms with E-state index in [-0.39, 0.29) is 5.91 Å². The van der Waals surface area contributed by atoms with Crippen LogP contribution in [0.25, 0.3) is 11.3 Å². The van der Waals surface area contributed by atoms with Crippen molar-refractivity contribution in [3.8, 4) is 11.3 Å². The standard InChI is InChI=1S/C20H16FN3O2/c21-15-7-3-2-6-14(15)17-10-12-19(25)24(23-17)18-11-9-13-5-1-4-8-16(13)22-20(18)26/h1-8,10,12,18H,9,11H2,(H,22,26)/t18-/m0/s1. The highest BCUT2D eigenvalue weighted by Crippen LogP contribution is 2.26. The number of rotatable bonds is 2. The smallest absolute Gasteiger partial charge is 0.267 e. The van der Waals surface area contributed by atoms with Crippen molar-refractivity contribution >= 4 is 11.6 Å². The van der Waals surface area contributed by atoms with Gasteiger partial charge in [-0.15, -0.1) is 0 Å². The van der Waals surface area contributed by atoms with Crippen LogP contribution in [0.15, 0.2) is 65.5 Å². The van der Waals surface area contributed by atoms with Crippen LogP contribution in [-0.4, -0.2) is 15.7 Å². The molecule has 5 nitrogen and oxygen atoms in total. The number of anilines is 1. The van der Waals surface area contributed by atoms with Crippen molar-refractivity contribution in [2.24, 2.45) is 0 Å². The Morgan fingerprint density at radius 1 is 1.00 bits per heavy atom. The molecule has 6 heteroatoms. The van der Waals surface area contributed by atoms with Crippen molar-refractivity contribution < 1.29 is 9.18 Å². The third kappa shape index (κ3) is 2.90. The first kappa shape index (κ1) is 16.2. The topological polar surface area (TPSA) is 64.0 Å². The van der Waals surface area contributed by atoms with E-state index in [0.717, 1.165) is 15.9 Å². The molecular formula is C20H16FN3O2. The minimum Gasteiger partial charge on any atom is -0.324 e. The Hall–Kier alpha value is -3.28. The Morgan fingerprint density at radius 3 is 2.62 bits per heavy atom. The number of fused-ring (bicyclic) bond motifs is 1. The highest BCUT2D eigenvalue weighted by molar-refractivity contribution is 5.95. The number of para-hydroxylation sites is 1. The first-order valence-corrected chi connectivity index (χ1v) is 8.37. The van der Waals surface area contributed by atoms with Crippen LogP contribution in [0, 0.1) is 5.82 Å². The zero-order valence-corrected chi connectivity index (χ0v) is 13.9. The van der Waals surface area contributed by atoms with Gasteiger partial charge >= 0.3 is 0 Å². The number of nitrogens with zero attached hydrogens (tertiary/aromatic N) is 2. The monoisotopic (exact) mass is 349 g/mol. The fraction of sp³-hybridized carbons (Fsp3) is 0.150. The number of carbonyl (C=O) groups excluding carboxylic acids is 1. The first-order valence-electron chi connectivity index (χ1n) is 8.37. The molecule has 1 atom stereocenters. The predicted molar refractivity (Wildman–Crippen MR) is 96.3 cm³/mol. The summed E-state index contributed by atoms with van der Waals surface area (Å²) in [6.07, 6.45) is 1.08. The van der Waals surface area contributed by atoms with Crippen molar-refractivity contribution in [2.75, 3.05) is 5.32 Å². The normalized spacial score (nSPS) is 16.5. The van der Waals surface area contributed by atoms with Gasteiger partial charge in [-0.1, -0.05) is 30.3 Å². The van der Waals surface area contributed by atoms with Crippen molar-refractivity contribution in [1.82, 2.24) is 9.78 Å². The summed E-state index contributed by atoms with van der Waals surface area (Å²) in [6, 6.07) is 15.8. The number of aromatic nitrogens is 2. The molecule has 1 N–H and O–H groups in total. The summed E-state index contributed by atoms with van der Waals surface area (Å²) in [5.41, 5.74) is 1.98. The fourth-order valence-electron chi connectivity index (χ4n) is 3.19. The molecule has 1 aromatic heterocycles.